The van der Waals surface area contributed by atoms with Crippen molar-refractivity contribution in [3.05, 3.63) is 58.3 Å². The Hall–Kier alpha value is -1.08. The molecule has 1 heterocycles. The molecule has 0 amide bonds. The van der Waals surface area contributed by atoms with E-state index in [9.17, 15) is 0 Å². The van der Waals surface area contributed by atoms with Gasteiger partial charge in [-0.2, -0.15) is 0 Å². The van der Waals surface area contributed by atoms with Crippen LogP contribution in [-0.4, -0.2) is 25.6 Å². The molecule has 0 aliphatic carbocycles. The van der Waals surface area contributed by atoms with E-state index in [4.69, 9.17) is 4.99 Å². The highest BCUT2D eigenvalue weighted by Crippen LogP contribution is 2.20. The van der Waals surface area contributed by atoms with E-state index in [2.05, 4.69) is 72.3 Å². The molecule has 5 heteroatoms. The number of rotatable bonds is 7. The number of thiophene rings is 1. The lowest BCUT2D eigenvalue weighted by molar-refractivity contribution is 0.755. The topological polar surface area (TPSA) is 36.4 Å². The molecule has 0 aliphatic rings. The smallest absolute Gasteiger partial charge is 0.191 e. The Bertz CT molecular complexity index is 555. The molecule has 2 N–H and O–H groups in total. The molecule has 1 unspecified atom stereocenters. The highest BCUT2D eigenvalue weighted by molar-refractivity contribution is 14.0. The molecule has 1 aromatic carbocycles. The highest BCUT2D eigenvalue weighted by Gasteiger charge is 2.06. The summed E-state index contributed by atoms with van der Waals surface area (Å²) in [6, 6.07) is 14.8. The number of nitrogens with zero attached hydrogens (tertiary/aromatic N) is 1. The Morgan fingerprint density at radius 3 is 2.57 bits per heavy atom. The number of hydrogen-bond acceptors (Lipinski definition) is 2. The number of benzene rings is 1. The van der Waals surface area contributed by atoms with Crippen molar-refractivity contribution in [3.8, 4) is 0 Å². The first-order chi connectivity index (χ1) is 10.8. The second-order valence-corrected chi connectivity index (χ2v) is 6.28. The van der Waals surface area contributed by atoms with Crippen LogP contribution in [0.2, 0.25) is 0 Å². The Labute approximate surface area is 160 Å². The Morgan fingerprint density at radius 1 is 1.13 bits per heavy atom. The van der Waals surface area contributed by atoms with Crippen LogP contribution in [0.4, 0.5) is 0 Å². The molecule has 1 aromatic heterocycles. The van der Waals surface area contributed by atoms with E-state index in [-0.39, 0.29) is 24.0 Å². The fraction of sp³-hybridized carbons (Fsp3) is 0.389. The standard InChI is InChI=1S/C18H25N3S.HI/c1-3-19-18(20-12-11-16-8-5-4-6-9-16)21-14-15(2)17-10-7-13-22-17;/h4-10,13,15H,3,11-12,14H2,1-2H3,(H2,19,20,21);1H. The van der Waals surface area contributed by atoms with Gasteiger partial charge in [0.25, 0.3) is 0 Å². The van der Waals surface area contributed by atoms with Crippen molar-refractivity contribution in [1.29, 1.82) is 0 Å². The van der Waals surface area contributed by atoms with Crippen LogP contribution < -0.4 is 10.6 Å². The van der Waals surface area contributed by atoms with E-state index in [0.29, 0.717) is 5.92 Å². The first-order valence-electron chi connectivity index (χ1n) is 7.89. The maximum Gasteiger partial charge on any atom is 0.191 e. The van der Waals surface area contributed by atoms with Gasteiger partial charge in [0.15, 0.2) is 5.96 Å². The normalized spacial score (nSPS) is 12.3. The van der Waals surface area contributed by atoms with Gasteiger partial charge < -0.3 is 10.6 Å². The summed E-state index contributed by atoms with van der Waals surface area (Å²) in [6.07, 6.45) is 1.01. The summed E-state index contributed by atoms with van der Waals surface area (Å²) in [5.41, 5.74) is 1.35. The lowest BCUT2D eigenvalue weighted by Gasteiger charge is -2.13. The molecule has 2 rings (SSSR count). The van der Waals surface area contributed by atoms with Gasteiger partial charge in [0, 0.05) is 23.9 Å². The van der Waals surface area contributed by atoms with Crippen LogP contribution in [0.25, 0.3) is 0 Å². The van der Waals surface area contributed by atoms with Gasteiger partial charge in [-0.05, 0) is 30.4 Å². The van der Waals surface area contributed by atoms with Gasteiger partial charge in [0.05, 0.1) is 6.54 Å². The van der Waals surface area contributed by atoms with Crippen molar-refractivity contribution in [3.63, 3.8) is 0 Å². The van der Waals surface area contributed by atoms with E-state index in [1.54, 1.807) is 11.3 Å². The van der Waals surface area contributed by atoms with E-state index < -0.39 is 0 Å². The summed E-state index contributed by atoms with van der Waals surface area (Å²) in [6.45, 7) is 6.90. The largest absolute Gasteiger partial charge is 0.357 e. The van der Waals surface area contributed by atoms with Crippen LogP contribution in [-0.2, 0) is 6.42 Å². The number of nitrogens with one attached hydrogen (secondary N) is 2. The predicted octanol–water partition coefficient (Wildman–Crippen LogP) is 4.27. The zero-order chi connectivity index (χ0) is 15.6. The number of hydrogen-bond donors (Lipinski definition) is 2. The third-order valence-electron chi connectivity index (χ3n) is 3.45. The average Bonchev–Trinajstić information content (AvgIpc) is 3.08. The first kappa shape index (κ1) is 20.0. The minimum atomic E-state index is 0. The maximum absolute atomic E-state index is 4.70. The molecule has 0 saturated heterocycles. The van der Waals surface area contributed by atoms with Crippen molar-refractivity contribution in [2.75, 3.05) is 19.6 Å². The monoisotopic (exact) mass is 443 g/mol. The molecule has 0 saturated carbocycles. The van der Waals surface area contributed by atoms with Crippen LogP contribution in [0.15, 0.2) is 52.8 Å². The van der Waals surface area contributed by atoms with Crippen molar-refractivity contribution in [2.45, 2.75) is 26.2 Å². The van der Waals surface area contributed by atoms with Crippen LogP contribution in [0.5, 0.6) is 0 Å². The molecule has 126 valence electrons. The minimum absolute atomic E-state index is 0. The van der Waals surface area contributed by atoms with Gasteiger partial charge in [-0.15, -0.1) is 35.3 Å². The average molecular weight is 443 g/mol. The molecule has 2 aromatic rings. The Morgan fingerprint density at radius 2 is 1.91 bits per heavy atom. The van der Waals surface area contributed by atoms with Crippen LogP contribution in [0, 0.1) is 0 Å². The third kappa shape index (κ3) is 7.35. The van der Waals surface area contributed by atoms with E-state index >= 15 is 0 Å². The van der Waals surface area contributed by atoms with Gasteiger partial charge in [-0.25, -0.2) is 0 Å². The first-order valence-corrected chi connectivity index (χ1v) is 8.77. The van der Waals surface area contributed by atoms with Crippen LogP contribution in [0.3, 0.4) is 0 Å². The lowest BCUT2D eigenvalue weighted by atomic mass is 10.1. The van der Waals surface area contributed by atoms with Crippen molar-refractivity contribution in [2.24, 2.45) is 4.99 Å². The lowest BCUT2D eigenvalue weighted by Crippen LogP contribution is -2.38. The summed E-state index contributed by atoms with van der Waals surface area (Å²) in [5.74, 6) is 1.37. The van der Waals surface area contributed by atoms with E-state index in [0.717, 1.165) is 32.0 Å². The minimum Gasteiger partial charge on any atom is -0.357 e. The third-order valence-corrected chi connectivity index (χ3v) is 4.55. The van der Waals surface area contributed by atoms with Crippen molar-refractivity contribution >= 4 is 41.3 Å². The van der Waals surface area contributed by atoms with E-state index in [1.165, 1.54) is 10.4 Å². The molecule has 0 aliphatic heterocycles. The van der Waals surface area contributed by atoms with Crippen molar-refractivity contribution < 1.29 is 0 Å². The molecule has 1 atom stereocenters. The van der Waals surface area contributed by atoms with Gasteiger partial charge in [-0.1, -0.05) is 43.3 Å². The summed E-state index contributed by atoms with van der Waals surface area (Å²) >= 11 is 1.80. The predicted molar refractivity (Wildman–Crippen MR) is 112 cm³/mol. The molecule has 23 heavy (non-hydrogen) atoms. The summed E-state index contributed by atoms with van der Waals surface area (Å²) in [7, 11) is 0. The summed E-state index contributed by atoms with van der Waals surface area (Å²) < 4.78 is 0. The molecule has 0 radical (unpaired) electrons. The van der Waals surface area contributed by atoms with Gasteiger partial charge in [0.2, 0.25) is 0 Å². The Balaban J connectivity index is 0.00000264. The molecular formula is C18H26IN3S. The summed E-state index contributed by atoms with van der Waals surface area (Å²) in [5, 5.41) is 8.85. The van der Waals surface area contributed by atoms with Crippen LogP contribution in [0.1, 0.15) is 30.2 Å². The number of guanidine groups is 1. The fourth-order valence-corrected chi connectivity index (χ4v) is 2.98. The highest BCUT2D eigenvalue weighted by atomic mass is 127. The van der Waals surface area contributed by atoms with Crippen LogP contribution >= 0.6 is 35.3 Å². The SMILES string of the molecule is CCNC(=NCC(C)c1cccs1)NCCc1ccccc1.I. The maximum atomic E-state index is 4.70. The van der Waals surface area contributed by atoms with Crippen molar-refractivity contribution in [1.82, 2.24) is 10.6 Å². The van der Waals surface area contributed by atoms with Gasteiger partial charge in [-0.3, -0.25) is 4.99 Å². The zero-order valence-electron chi connectivity index (χ0n) is 13.8. The molecule has 0 fully saturated rings. The Kier molecular flexibility index (Phi) is 9.94. The molecule has 0 bridgehead atoms. The molecule has 0 spiro atoms. The second-order valence-electron chi connectivity index (χ2n) is 5.30. The summed E-state index contributed by atoms with van der Waals surface area (Å²) in [4.78, 5) is 6.09. The molecular weight excluding hydrogens is 417 g/mol. The zero-order valence-corrected chi connectivity index (χ0v) is 16.9. The number of halogens is 1. The number of aliphatic imine (C=N–C) groups is 1. The second kappa shape index (κ2) is 11.5. The van der Waals surface area contributed by atoms with Gasteiger partial charge in [0.1, 0.15) is 0 Å². The van der Waals surface area contributed by atoms with Gasteiger partial charge >= 0.3 is 0 Å². The fourth-order valence-electron chi connectivity index (χ4n) is 2.20. The quantitative estimate of drug-likeness (QED) is 0.381. The van der Waals surface area contributed by atoms with E-state index in [1.807, 2.05) is 0 Å². The molecule has 3 nitrogen and oxygen atoms in total.